The minimum atomic E-state index is -0.853. The Balaban J connectivity index is 3.02. The molecule has 0 heterocycles. The van der Waals surface area contributed by atoms with Gasteiger partial charge in [0.1, 0.15) is 6.04 Å². The second kappa shape index (κ2) is 6.75. The van der Waals surface area contributed by atoms with Crippen molar-refractivity contribution >= 4 is 27.6 Å². The van der Waals surface area contributed by atoms with Gasteiger partial charge in [0.2, 0.25) is 0 Å². The highest BCUT2D eigenvalue weighted by Gasteiger charge is 2.22. The van der Waals surface area contributed by atoms with Gasteiger partial charge in [0.25, 0.3) is 0 Å². The lowest BCUT2D eigenvalue weighted by atomic mass is 10.0. The zero-order chi connectivity index (χ0) is 13.7. The van der Waals surface area contributed by atoms with Gasteiger partial charge in [-0.1, -0.05) is 35.8 Å². The number of hydrogen-bond donors (Lipinski definition) is 2. The van der Waals surface area contributed by atoms with E-state index in [1.165, 1.54) is 0 Å². The molecule has 0 aromatic heterocycles. The number of benzene rings is 1. The van der Waals surface area contributed by atoms with Crippen molar-refractivity contribution in [3.63, 3.8) is 0 Å². The number of anilines is 1. The van der Waals surface area contributed by atoms with Crippen LogP contribution in [0.4, 0.5) is 5.69 Å². The van der Waals surface area contributed by atoms with E-state index >= 15 is 0 Å². The zero-order valence-corrected chi connectivity index (χ0v) is 12.3. The van der Waals surface area contributed by atoms with Crippen LogP contribution >= 0.6 is 15.9 Å². The van der Waals surface area contributed by atoms with Crippen LogP contribution in [0.25, 0.3) is 0 Å². The highest BCUT2D eigenvalue weighted by molar-refractivity contribution is 9.10. The minimum Gasteiger partial charge on any atom is -0.480 e. The lowest BCUT2D eigenvalue weighted by Gasteiger charge is -2.21. The van der Waals surface area contributed by atoms with E-state index in [0.29, 0.717) is 6.61 Å². The minimum absolute atomic E-state index is 0.00289. The second-order valence-corrected chi connectivity index (χ2v) is 5.26. The van der Waals surface area contributed by atoms with Crippen molar-refractivity contribution in [2.24, 2.45) is 5.92 Å². The van der Waals surface area contributed by atoms with Crippen LogP contribution in [0.3, 0.4) is 0 Å². The monoisotopic (exact) mass is 315 g/mol. The van der Waals surface area contributed by atoms with Crippen LogP contribution in [0.1, 0.15) is 19.4 Å². The molecule has 0 amide bonds. The number of hydrogen-bond acceptors (Lipinski definition) is 3. The molecule has 0 aliphatic heterocycles. The molecule has 0 radical (unpaired) electrons. The first-order chi connectivity index (χ1) is 8.47. The molecule has 5 heteroatoms. The Morgan fingerprint density at radius 3 is 2.67 bits per heavy atom. The predicted molar refractivity (Wildman–Crippen MR) is 74.7 cm³/mol. The van der Waals surface area contributed by atoms with Crippen molar-refractivity contribution in [1.29, 1.82) is 0 Å². The molecule has 1 unspecified atom stereocenters. The molecule has 0 bridgehead atoms. The summed E-state index contributed by atoms with van der Waals surface area (Å²) in [4.78, 5) is 11.2. The van der Waals surface area contributed by atoms with Crippen molar-refractivity contribution in [2.75, 3.05) is 12.4 Å². The molecule has 4 nitrogen and oxygen atoms in total. The first-order valence-corrected chi connectivity index (χ1v) is 6.52. The van der Waals surface area contributed by atoms with E-state index in [-0.39, 0.29) is 5.92 Å². The Kier molecular flexibility index (Phi) is 5.62. The number of methoxy groups -OCH3 is 1. The van der Waals surface area contributed by atoms with Gasteiger partial charge in [-0.2, -0.15) is 0 Å². The van der Waals surface area contributed by atoms with Gasteiger partial charge < -0.3 is 15.2 Å². The first-order valence-electron chi connectivity index (χ1n) is 5.73. The van der Waals surface area contributed by atoms with Crippen molar-refractivity contribution in [3.8, 4) is 0 Å². The molecule has 0 saturated heterocycles. The number of ether oxygens (including phenoxy) is 1. The summed E-state index contributed by atoms with van der Waals surface area (Å²) in [6, 6.07) is 5.02. The van der Waals surface area contributed by atoms with Crippen molar-refractivity contribution in [1.82, 2.24) is 0 Å². The maximum atomic E-state index is 11.2. The van der Waals surface area contributed by atoms with E-state index in [0.717, 1.165) is 15.7 Å². The molecule has 2 N–H and O–H groups in total. The number of halogens is 1. The standard InChI is InChI=1S/C13H18BrNO3/c1-8(2)12(13(16)17)15-11-6-4-5-10(14)9(11)7-18-3/h4-6,8,12,15H,7H2,1-3H3,(H,16,17). The summed E-state index contributed by atoms with van der Waals surface area (Å²) in [7, 11) is 1.61. The van der Waals surface area contributed by atoms with Crippen LogP contribution in [0.5, 0.6) is 0 Å². The van der Waals surface area contributed by atoms with Crippen LogP contribution in [0.15, 0.2) is 22.7 Å². The number of carbonyl (C=O) groups is 1. The van der Waals surface area contributed by atoms with E-state index in [2.05, 4.69) is 21.2 Å². The van der Waals surface area contributed by atoms with Gasteiger partial charge in [0.15, 0.2) is 0 Å². The Bertz CT molecular complexity index is 421. The number of carboxylic acid groups (broad SMARTS) is 1. The average molecular weight is 316 g/mol. The Hall–Kier alpha value is -1.07. The lowest BCUT2D eigenvalue weighted by Crippen LogP contribution is -2.34. The van der Waals surface area contributed by atoms with E-state index in [9.17, 15) is 9.90 Å². The first kappa shape index (κ1) is 15.0. The maximum Gasteiger partial charge on any atom is 0.326 e. The third kappa shape index (κ3) is 3.71. The molecular weight excluding hydrogens is 298 g/mol. The Morgan fingerprint density at radius 2 is 2.17 bits per heavy atom. The fourth-order valence-electron chi connectivity index (χ4n) is 1.67. The third-order valence-corrected chi connectivity index (χ3v) is 3.39. The highest BCUT2D eigenvalue weighted by atomic mass is 79.9. The lowest BCUT2D eigenvalue weighted by molar-refractivity contribution is -0.138. The fourth-order valence-corrected chi connectivity index (χ4v) is 2.15. The normalized spacial score (nSPS) is 12.5. The van der Waals surface area contributed by atoms with Gasteiger partial charge in [0, 0.05) is 22.8 Å². The Morgan fingerprint density at radius 1 is 1.50 bits per heavy atom. The molecule has 1 atom stereocenters. The summed E-state index contributed by atoms with van der Waals surface area (Å²) in [6.07, 6.45) is 0. The maximum absolute atomic E-state index is 11.2. The fraction of sp³-hybridized carbons (Fsp3) is 0.462. The largest absolute Gasteiger partial charge is 0.480 e. The molecule has 1 aromatic rings. The summed E-state index contributed by atoms with van der Waals surface area (Å²) in [5.74, 6) is -0.856. The van der Waals surface area contributed by atoms with Gasteiger partial charge >= 0.3 is 5.97 Å². The van der Waals surface area contributed by atoms with Gasteiger partial charge in [-0.15, -0.1) is 0 Å². The smallest absolute Gasteiger partial charge is 0.326 e. The molecule has 0 saturated carbocycles. The molecule has 1 rings (SSSR count). The third-order valence-electron chi connectivity index (χ3n) is 2.65. The SMILES string of the molecule is COCc1c(Br)cccc1NC(C(=O)O)C(C)C. The van der Waals surface area contributed by atoms with E-state index in [4.69, 9.17) is 4.74 Å². The topological polar surface area (TPSA) is 58.6 Å². The second-order valence-electron chi connectivity index (χ2n) is 4.40. The van der Waals surface area contributed by atoms with Gasteiger partial charge in [0.05, 0.1) is 6.61 Å². The van der Waals surface area contributed by atoms with E-state index in [1.54, 1.807) is 7.11 Å². The highest BCUT2D eigenvalue weighted by Crippen LogP contribution is 2.27. The molecule has 1 aromatic carbocycles. The average Bonchev–Trinajstić information content (AvgIpc) is 2.29. The molecule has 100 valence electrons. The summed E-state index contributed by atoms with van der Waals surface area (Å²) < 4.78 is 6.04. The van der Waals surface area contributed by atoms with Crippen molar-refractivity contribution in [2.45, 2.75) is 26.5 Å². The molecule has 0 aliphatic rings. The quantitative estimate of drug-likeness (QED) is 0.846. The van der Waals surface area contributed by atoms with Gasteiger partial charge in [-0.05, 0) is 18.1 Å². The zero-order valence-electron chi connectivity index (χ0n) is 10.7. The number of carboxylic acids is 1. The molecule has 18 heavy (non-hydrogen) atoms. The van der Waals surface area contributed by atoms with Gasteiger partial charge in [-0.3, -0.25) is 0 Å². The predicted octanol–water partition coefficient (Wildman–Crippen LogP) is 3.12. The summed E-state index contributed by atoms with van der Waals surface area (Å²) in [5, 5.41) is 12.3. The summed E-state index contributed by atoms with van der Waals surface area (Å²) in [6.45, 7) is 4.17. The van der Waals surface area contributed by atoms with Crippen LogP contribution in [0.2, 0.25) is 0 Å². The number of aliphatic carboxylic acids is 1. The van der Waals surface area contributed by atoms with E-state index < -0.39 is 12.0 Å². The van der Waals surface area contributed by atoms with Gasteiger partial charge in [-0.25, -0.2) is 4.79 Å². The van der Waals surface area contributed by atoms with Crippen molar-refractivity contribution in [3.05, 3.63) is 28.2 Å². The van der Waals surface area contributed by atoms with Crippen LogP contribution in [-0.4, -0.2) is 24.2 Å². The number of rotatable bonds is 6. The molecule has 0 aliphatic carbocycles. The molecule has 0 fully saturated rings. The summed E-state index contributed by atoms with van der Waals surface area (Å²) >= 11 is 3.44. The van der Waals surface area contributed by atoms with E-state index in [1.807, 2.05) is 32.0 Å². The van der Waals surface area contributed by atoms with Crippen LogP contribution < -0.4 is 5.32 Å². The van der Waals surface area contributed by atoms with Crippen LogP contribution in [0, 0.1) is 5.92 Å². The molecule has 0 spiro atoms. The van der Waals surface area contributed by atoms with Crippen LogP contribution in [-0.2, 0) is 16.1 Å². The van der Waals surface area contributed by atoms with Crippen molar-refractivity contribution < 1.29 is 14.6 Å². The number of nitrogens with one attached hydrogen (secondary N) is 1. The Labute approximate surface area is 115 Å². The molecular formula is C13H18BrNO3. The summed E-state index contributed by atoms with van der Waals surface area (Å²) in [5.41, 5.74) is 1.71.